The van der Waals surface area contributed by atoms with Gasteiger partial charge in [-0.15, -0.1) is 0 Å². The van der Waals surface area contributed by atoms with Gasteiger partial charge in [0.2, 0.25) is 5.91 Å². The van der Waals surface area contributed by atoms with Crippen molar-refractivity contribution in [1.82, 2.24) is 20.2 Å². The molecule has 1 rings (SSSR count). The number of hydrogen-bond acceptors (Lipinski definition) is 10. The Bertz CT molecular complexity index is 1510. The molecule has 0 saturated carbocycles. The Kier molecular flexibility index (Phi) is 20.2. The Morgan fingerprint density at radius 3 is 1.59 bits per heavy atom. The van der Waals surface area contributed by atoms with Gasteiger partial charge in [-0.05, 0) is 95.3 Å². The lowest BCUT2D eigenvalue weighted by molar-refractivity contribution is -0.155. The van der Waals surface area contributed by atoms with E-state index in [1.807, 2.05) is 13.8 Å². The molecule has 13 heteroatoms. The van der Waals surface area contributed by atoms with Gasteiger partial charge >= 0.3 is 24.1 Å². The second-order valence-electron chi connectivity index (χ2n) is 21.7. The van der Waals surface area contributed by atoms with E-state index in [0.29, 0.717) is 0 Å². The molecule has 1 aromatic rings. The van der Waals surface area contributed by atoms with E-state index in [1.165, 1.54) is 12.4 Å². The molecule has 0 saturated heterocycles. The lowest BCUT2D eigenvalue weighted by Crippen LogP contribution is -2.54. The molecule has 0 bridgehead atoms. The minimum absolute atomic E-state index is 0.0162. The van der Waals surface area contributed by atoms with Crippen LogP contribution in [-0.4, -0.2) is 76.1 Å². The molecule has 340 valence electrons. The van der Waals surface area contributed by atoms with Crippen LogP contribution in [-0.2, 0) is 39.8 Å². The topological polar surface area (TPSA) is 164 Å². The molecule has 0 aromatic carbocycles. The van der Waals surface area contributed by atoms with Crippen molar-refractivity contribution >= 4 is 30.0 Å². The average molecular weight is 835 g/mol. The number of hydrogen-bond donors (Lipinski definition) is 2. The summed E-state index contributed by atoms with van der Waals surface area (Å²) in [5.41, 5.74) is -2.29. The van der Waals surface area contributed by atoms with Crippen molar-refractivity contribution in [2.75, 3.05) is 13.2 Å². The number of amides is 2. The first-order valence-electron chi connectivity index (χ1n) is 21.7. The minimum Gasteiger partial charge on any atom is -0.465 e. The maximum atomic E-state index is 14.2. The first-order chi connectivity index (χ1) is 26.8. The van der Waals surface area contributed by atoms with Crippen molar-refractivity contribution in [3.63, 3.8) is 0 Å². The number of esters is 2. The molecule has 1 unspecified atom stereocenters. The predicted molar refractivity (Wildman–Crippen MR) is 232 cm³/mol. The van der Waals surface area contributed by atoms with Gasteiger partial charge in [0.15, 0.2) is 0 Å². The van der Waals surface area contributed by atoms with Crippen LogP contribution < -0.4 is 10.6 Å². The van der Waals surface area contributed by atoms with E-state index < -0.39 is 59.2 Å². The second-order valence-corrected chi connectivity index (χ2v) is 21.7. The van der Waals surface area contributed by atoms with Gasteiger partial charge in [-0.3, -0.25) is 9.59 Å². The summed E-state index contributed by atoms with van der Waals surface area (Å²) in [7, 11) is 0. The highest BCUT2D eigenvalue weighted by atomic mass is 16.6. The number of nitrogens with zero attached hydrogens (tertiary/aromatic N) is 2. The minimum atomic E-state index is -1.36. The predicted octanol–water partition coefficient (Wildman–Crippen LogP) is 9.96. The van der Waals surface area contributed by atoms with Gasteiger partial charge in [0, 0.05) is 18.8 Å². The molecule has 13 nitrogen and oxygen atoms in total. The molecular weight excluding hydrogens is 753 g/mol. The molecule has 2 amide bonds. The number of ether oxygens (including phenoxy) is 4. The van der Waals surface area contributed by atoms with E-state index in [2.05, 4.69) is 71.0 Å². The fourth-order valence-electron chi connectivity index (χ4n) is 7.70. The Balaban J connectivity index is 3.46. The van der Waals surface area contributed by atoms with Crippen molar-refractivity contribution in [3.05, 3.63) is 18.2 Å². The fourth-order valence-corrected chi connectivity index (χ4v) is 7.70. The molecule has 1 aromatic heterocycles. The van der Waals surface area contributed by atoms with Crippen LogP contribution in [0.4, 0.5) is 9.59 Å². The summed E-state index contributed by atoms with van der Waals surface area (Å²) in [6.07, 6.45) is 8.95. The molecule has 2 N–H and O–H groups in total. The van der Waals surface area contributed by atoms with Crippen LogP contribution in [0.2, 0.25) is 0 Å². The van der Waals surface area contributed by atoms with Crippen LogP contribution in [0.5, 0.6) is 0 Å². The van der Waals surface area contributed by atoms with Gasteiger partial charge in [-0.1, -0.05) is 102 Å². The zero-order valence-electron chi connectivity index (χ0n) is 39.9. The van der Waals surface area contributed by atoms with Crippen LogP contribution in [0.25, 0.3) is 0 Å². The van der Waals surface area contributed by atoms with E-state index in [4.69, 9.17) is 18.9 Å². The van der Waals surface area contributed by atoms with Crippen LogP contribution in [0.1, 0.15) is 181 Å². The summed E-state index contributed by atoms with van der Waals surface area (Å²) in [5, 5.41) is 5.35. The Morgan fingerprint density at radius 1 is 0.661 bits per heavy atom. The number of alkyl carbamates (subject to hydrolysis) is 1. The van der Waals surface area contributed by atoms with Gasteiger partial charge in [0.05, 0.1) is 19.1 Å². The van der Waals surface area contributed by atoms with Crippen molar-refractivity contribution in [3.8, 4) is 0 Å². The molecule has 1 heterocycles. The monoisotopic (exact) mass is 835 g/mol. The molecule has 3 atom stereocenters. The number of imidazole rings is 1. The van der Waals surface area contributed by atoms with Crippen LogP contribution in [0.3, 0.4) is 0 Å². The summed E-state index contributed by atoms with van der Waals surface area (Å²) in [6.45, 7) is 33.6. The standard InChI is InChI=1S/C46H82N4O9/c1-18-20-22-43(10,11)28-45(14,15)30-56-37(52)32(3)26-34(38(53)57-31-46(16,17)29-44(12,13)23-21-19-2)48-36(51)33(49-39(54)58-41(4,5)6)27-35-47-24-25-50(35)40(55)59-42(7,8)9/h24-25,32-34H,18-23,26-31H2,1-17H3,(H,48,51)(H,49,54)/t32?,33-,34+/m0/s1. The number of aromatic nitrogens is 2. The molecule has 59 heavy (non-hydrogen) atoms. The number of unbranched alkanes of at least 4 members (excludes halogenated alkanes) is 2. The number of nitrogens with one attached hydrogen (secondary N) is 2. The highest BCUT2D eigenvalue weighted by Gasteiger charge is 2.36. The van der Waals surface area contributed by atoms with Gasteiger partial charge in [0.25, 0.3) is 0 Å². The molecule has 0 aliphatic rings. The van der Waals surface area contributed by atoms with Crippen molar-refractivity contribution in [2.45, 2.75) is 205 Å². The molecule has 0 aliphatic heterocycles. The van der Waals surface area contributed by atoms with Crippen molar-refractivity contribution < 1.29 is 42.9 Å². The summed E-state index contributed by atoms with van der Waals surface area (Å²) < 4.78 is 23.9. The smallest absolute Gasteiger partial charge is 0.419 e. The molecule has 0 spiro atoms. The Labute approximate surface area is 356 Å². The molecule has 0 fully saturated rings. The van der Waals surface area contributed by atoms with E-state index in [-0.39, 0.29) is 53.5 Å². The lowest BCUT2D eigenvalue weighted by Gasteiger charge is -2.35. The molecule has 0 aliphatic carbocycles. The number of rotatable bonds is 23. The quantitative estimate of drug-likeness (QED) is 0.0801. The van der Waals surface area contributed by atoms with Crippen LogP contribution in [0, 0.1) is 27.6 Å². The van der Waals surface area contributed by atoms with Crippen molar-refractivity contribution in [1.29, 1.82) is 0 Å². The zero-order valence-corrected chi connectivity index (χ0v) is 39.9. The summed E-state index contributed by atoms with van der Waals surface area (Å²) >= 11 is 0. The van der Waals surface area contributed by atoms with E-state index >= 15 is 0 Å². The lowest BCUT2D eigenvalue weighted by atomic mass is 9.73. The highest BCUT2D eigenvalue weighted by molar-refractivity contribution is 5.90. The summed E-state index contributed by atoms with van der Waals surface area (Å²) in [4.78, 5) is 72.2. The zero-order chi connectivity index (χ0) is 45.6. The van der Waals surface area contributed by atoms with E-state index in [0.717, 1.165) is 55.9 Å². The SMILES string of the molecule is CCCCC(C)(C)CC(C)(C)COC(=O)C(C)C[C@@H](NC(=O)[C@H](Cc1nccn1C(=O)OC(C)(C)C)NC(=O)OC(C)(C)C)C(=O)OCC(C)(C)CC(C)(C)CCCC. The number of carbonyl (C=O) groups is 5. The maximum Gasteiger partial charge on any atom is 0.419 e. The largest absolute Gasteiger partial charge is 0.465 e. The third-order valence-corrected chi connectivity index (χ3v) is 9.83. The van der Waals surface area contributed by atoms with Gasteiger partial charge in [-0.2, -0.15) is 0 Å². The molecule has 0 radical (unpaired) electrons. The summed E-state index contributed by atoms with van der Waals surface area (Å²) in [6, 6.07) is -2.65. The fraction of sp³-hybridized carbons (Fsp3) is 0.826. The number of carbonyl (C=O) groups excluding carboxylic acids is 5. The van der Waals surface area contributed by atoms with Gasteiger partial charge in [0.1, 0.15) is 29.1 Å². The Morgan fingerprint density at radius 2 is 1.14 bits per heavy atom. The third kappa shape index (κ3) is 22.0. The van der Waals surface area contributed by atoms with Crippen molar-refractivity contribution in [2.24, 2.45) is 27.6 Å². The van der Waals surface area contributed by atoms with E-state index in [1.54, 1.807) is 48.5 Å². The highest BCUT2D eigenvalue weighted by Crippen LogP contribution is 2.39. The first kappa shape index (κ1) is 53.4. The van der Waals surface area contributed by atoms with Gasteiger partial charge < -0.3 is 29.6 Å². The first-order valence-corrected chi connectivity index (χ1v) is 21.7. The molecular formula is C46H82N4O9. The summed E-state index contributed by atoms with van der Waals surface area (Å²) in [5.74, 6) is -2.67. The maximum absolute atomic E-state index is 14.2. The van der Waals surface area contributed by atoms with Gasteiger partial charge in [-0.25, -0.2) is 23.9 Å². The third-order valence-electron chi connectivity index (χ3n) is 9.83. The normalized spacial score (nSPS) is 14.5. The second kappa shape index (κ2) is 22.3. The average Bonchev–Trinajstić information content (AvgIpc) is 3.53. The van der Waals surface area contributed by atoms with E-state index in [9.17, 15) is 24.0 Å². The van der Waals surface area contributed by atoms with Crippen LogP contribution in [0.15, 0.2) is 12.4 Å². The Hall–Kier alpha value is -3.64. The van der Waals surface area contributed by atoms with Crippen LogP contribution >= 0.6 is 0 Å².